The monoisotopic (exact) mass is 430 g/mol. The number of rotatable bonds is 6. The molecule has 11 heteroatoms. The molecule has 0 radical (unpaired) electrons. The van der Waals surface area contributed by atoms with E-state index in [0.29, 0.717) is 55.2 Å². The van der Waals surface area contributed by atoms with E-state index < -0.39 is 12.7 Å². The van der Waals surface area contributed by atoms with Gasteiger partial charge in [0.2, 0.25) is 11.7 Å². The number of likely N-dealkylation sites (tertiary alicyclic amines) is 1. The van der Waals surface area contributed by atoms with Crippen LogP contribution < -0.4 is 10.6 Å². The number of benzene rings is 1. The molecule has 1 aromatic carbocycles. The molecule has 2 aromatic rings. The maximum absolute atomic E-state index is 12.5. The zero-order valence-corrected chi connectivity index (χ0v) is 16.6. The van der Waals surface area contributed by atoms with Gasteiger partial charge in [0.1, 0.15) is 0 Å². The van der Waals surface area contributed by atoms with E-state index in [-0.39, 0.29) is 6.04 Å². The summed E-state index contributed by atoms with van der Waals surface area (Å²) in [5.41, 5.74) is 0.805. The second-order valence-corrected chi connectivity index (χ2v) is 7.18. The Morgan fingerprint density at radius 3 is 2.79 bits per heavy atom. The Kier molecular flexibility index (Phi) is 6.96. The fourth-order valence-corrected chi connectivity index (χ4v) is 3.22. The number of hydrogen-bond acceptors (Lipinski definition) is 5. The van der Waals surface area contributed by atoms with E-state index in [0.717, 1.165) is 5.56 Å². The van der Waals surface area contributed by atoms with Gasteiger partial charge in [0.15, 0.2) is 5.96 Å². The van der Waals surface area contributed by atoms with Crippen molar-refractivity contribution in [1.82, 2.24) is 25.7 Å². The summed E-state index contributed by atoms with van der Waals surface area (Å²) in [6.07, 6.45) is -3.07. The highest BCUT2D eigenvalue weighted by Gasteiger charge is 2.34. The van der Waals surface area contributed by atoms with E-state index in [1.165, 1.54) is 4.90 Å². The number of guanidine groups is 1. The first kappa shape index (κ1) is 21.4. The molecule has 29 heavy (non-hydrogen) atoms. The fourth-order valence-electron chi connectivity index (χ4n) is 3.10. The number of aliphatic imine (C=N–C) groups is 1. The molecule has 0 amide bonds. The average molecular weight is 431 g/mol. The lowest BCUT2D eigenvalue weighted by atomic mass is 10.2. The molecular weight excluding hydrogens is 409 g/mol. The smallest absolute Gasteiger partial charge is 0.356 e. The quantitative estimate of drug-likeness (QED) is 0.542. The van der Waals surface area contributed by atoms with Crippen LogP contribution in [0.15, 0.2) is 33.8 Å². The van der Waals surface area contributed by atoms with Crippen LogP contribution in [0.1, 0.15) is 12.3 Å². The second-order valence-electron chi connectivity index (χ2n) is 6.75. The SMILES string of the molecule is CN=C(NCCc1nc(-c2ccc(Cl)cc2)no1)NC1CCN(CC(F)(F)F)C1. The van der Waals surface area contributed by atoms with Crippen molar-refractivity contribution in [3.63, 3.8) is 0 Å². The van der Waals surface area contributed by atoms with E-state index in [1.807, 2.05) is 12.1 Å². The molecule has 1 fully saturated rings. The topological polar surface area (TPSA) is 78.6 Å². The predicted molar refractivity (Wildman–Crippen MR) is 104 cm³/mol. The molecule has 3 rings (SSSR count). The molecule has 1 unspecified atom stereocenters. The van der Waals surface area contributed by atoms with Crippen LogP contribution in [-0.2, 0) is 6.42 Å². The molecule has 0 spiro atoms. The van der Waals surface area contributed by atoms with Crippen molar-refractivity contribution >= 4 is 17.6 Å². The van der Waals surface area contributed by atoms with Gasteiger partial charge in [-0.05, 0) is 30.7 Å². The normalized spacial score (nSPS) is 18.2. The Morgan fingerprint density at radius 2 is 2.10 bits per heavy atom. The van der Waals surface area contributed by atoms with Gasteiger partial charge in [0.25, 0.3) is 0 Å². The van der Waals surface area contributed by atoms with Gasteiger partial charge < -0.3 is 15.2 Å². The summed E-state index contributed by atoms with van der Waals surface area (Å²) in [7, 11) is 1.61. The molecule has 1 saturated heterocycles. The van der Waals surface area contributed by atoms with E-state index in [1.54, 1.807) is 19.2 Å². The van der Waals surface area contributed by atoms with Crippen LogP contribution in [0.2, 0.25) is 5.02 Å². The molecule has 1 aliphatic heterocycles. The molecule has 0 bridgehead atoms. The Labute approximate surface area is 171 Å². The third kappa shape index (κ3) is 6.60. The van der Waals surface area contributed by atoms with Gasteiger partial charge >= 0.3 is 6.18 Å². The third-order valence-corrected chi connectivity index (χ3v) is 4.69. The summed E-state index contributed by atoms with van der Waals surface area (Å²) in [6, 6.07) is 7.05. The van der Waals surface area contributed by atoms with Gasteiger partial charge in [-0.3, -0.25) is 9.89 Å². The Bertz CT molecular complexity index is 824. The molecule has 1 aromatic heterocycles. The van der Waals surface area contributed by atoms with Gasteiger partial charge in [0.05, 0.1) is 6.54 Å². The molecule has 0 saturated carbocycles. The van der Waals surface area contributed by atoms with Crippen molar-refractivity contribution < 1.29 is 17.7 Å². The van der Waals surface area contributed by atoms with Gasteiger partial charge in [-0.25, -0.2) is 0 Å². The Morgan fingerprint density at radius 1 is 1.34 bits per heavy atom. The highest BCUT2D eigenvalue weighted by atomic mass is 35.5. The Hall–Kier alpha value is -2.33. The summed E-state index contributed by atoms with van der Waals surface area (Å²) in [5.74, 6) is 1.48. The second kappa shape index (κ2) is 9.45. The maximum atomic E-state index is 12.5. The summed E-state index contributed by atoms with van der Waals surface area (Å²) in [5, 5.41) is 10.9. The van der Waals surface area contributed by atoms with Crippen molar-refractivity contribution in [2.24, 2.45) is 4.99 Å². The minimum atomic E-state index is -4.18. The lowest BCUT2D eigenvalue weighted by Gasteiger charge is -2.19. The molecule has 0 aliphatic carbocycles. The first-order chi connectivity index (χ1) is 13.8. The summed E-state index contributed by atoms with van der Waals surface area (Å²) >= 11 is 5.87. The van der Waals surface area contributed by atoms with Crippen molar-refractivity contribution in [3.05, 3.63) is 35.2 Å². The van der Waals surface area contributed by atoms with Crippen LogP contribution in [0.5, 0.6) is 0 Å². The highest BCUT2D eigenvalue weighted by molar-refractivity contribution is 6.30. The predicted octanol–water partition coefficient (Wildman–Crippen LogP) is 2.73. The van der Waals surface area contributed by atoms with Gasteiger partial charge in [-0.15, -0.1) is 0 Å². The van der Waals surface area contributed by atoms with Gasteiger partial charge in [-0.2, -0.15) is 18.2 Å². The molecule has 1 aliphatic rings. The van der Waals surface area contributed by atoms with Crippen LogP contribution in [-0.4, -0.2) is 66.4 Å². The summed E-state index contributed by atoms with van der Waals surface area (Å²) in [6.45, 7) is 0.336. The lowest BCUT2D eigenvalue weighted by molar-refractivity contribution is -0.143. The maximum Gasteiger partial charge on any atom is 0.401 e. The van der Waals surface area contributed by atoms with Crippen molar-refractivity contribution in [3.8, 4) is 11.4 Å². The van der Waals surface area contributed by atoms with Gasteiger partial charge in [-0.1, -0.05) is 16.8 Å². The Balaban J connectivity index is 1.43. The molecule has 1 atom stereocenters. The minimum Gasteiger partial charge on any atom is -0.356 e. The molecule has 2 heterocycles. The van der Waals surface area contributed by atoms with Crippen LogP contribution in [0.25, 0.3) is 11.4 Å². The number of hydrogen-bond donors (Lipinski definition) is 2. The highest BCUT2D eigenvalue weighted by Crippen LogP contribution is 2.20. The largest absolute Gasteiger partial charge is 0.401 e. The van der Waals surface area contributed by atoms with E-state index in [2.05, 4.69) is 25.8 Å². The van der Waals surface area contributed by atoms with Crippen LogP contribution in [0, 0.1) is 0 Å². The first-order valence-corrected chi connectivity index (χ1v) is 9.55. The number of aromatic nitrogens is 2. The molecular formula is C18H22ClF3N6O. The van der Waals surface area contributed by atoms with Gasteiger partial charge in [0, 0.05) is 49.7 Å². The number of halogens is 4. The number of nitrogens with zero attached hydrogens (tertiary/aromatic N) is 4. The molecule has 7 nitrogen and oxygen atoms in total. The fraction of sp³-hybridized carbons (Fsp3) is 0.500. The van der Waals surface area contributed by atoms with E-state index in [4.69, 9.17) is 16.1 Å². The van der Waals surface area contributed by atoms with Crippen LogP contribution in [0.4, 0.5) is 13.2 Å². The standard InChI is InChI=1S/C18H22ClF3N6O/c1-23-17(25-14-7-9-28(10-14)11-18(20,21)22)24-8-6-15-26-16(27-29-15)12-2-4-13(19)5-3-12/h2-5,14H,6-11H2,1H3,(H2,23,24,25). The summed E-state index contributed by atoms with van der Waals surface area (Å²) in [4.78, 5) is 9.85. The number of nitrogens with one attached hydrogen (secondary N) is 2. The number of alkyl halides is 3. The average Bonchev–Trinajstić information content (AvgIpc) is 3.30. The van der Waals surface area contributed by atoms with Crippen molar-refractivity contribution in [2.75, 3.05) is 33.2 Å². The van der Waals surface area contributed by atoms with Crippen molar-refractivity contribution in [1.29, 1.82) is 0 Å². The minimum absolute atomic E-state index is 0.0801. The zero-order valence-electron chi connectivity index (χ0n) is 15.8. The summed E-state index contributed by atoms with van der Waals surface area (Å²) < 4.78 is 42.7. The lowest BCUT2D eigenvalue weighted by Crippen LogP contribution is -2.45. The first-order valence-electron chi connectivity index (χ1n) is 9.17. The van der Waals surface area contributed by atoms with Crippen LogP contribution >= 0.6 is 11.6 Å². The molecule has 2 N–H and O–H groups in total. The molecule has 158 valence electrons. The van der Waals surface area contributed by atoms with Crippen molar-refractivity contribution in [2.45, 2.75) is 25.1 Å². The van der Waals surface area contributed by atoms with E-state index in [9.17, 15) is 13.2 Å². The van der Waals surface area contributed by atoms with Crippen LogP contribution in [0.3, 0.4) is 0 Å². The zero-order chi connectivity index (χ0) is 20.9. The van der Waals surface area contributed by atoms with E-state index >= 15 is 0 Å². The third-order valence-electron chi connectivity index (χ3n) is 4.44.